The molecule has 0 aliphatic rings. The van der Waals surface area contributed by atoms with Gasteiger partial charge in [0.2, 0.25) is 0 Å². The molecule has 0 fully saturated rings. The van der Waals surface area contributed by atoms with E-state index in [-0.39, 0.29) is 18.2 Å². The summed E-state index contributed by atoms with van der Waals surface area (Å²) in [5, 5.41) is 17.2. The number of nitro groups is 1. The largest absolute Gasteiger partial charge is 0.493 e. The maximum absolute atomic E-state index is 12.1. The number of benzene rings is 3. The van der Waals surface area contributed by atoms with Crippen LogP contribution in [-0.2, 0) is 4.79 Å². The second-order valence-electron chi connectivity index (χ2n) is 6.62. The molecule has 0 bridgehead atoms. The van der Waals surface area contributed by atoms with Crippen molar-refractivity contribution in [1.29, 1.82) is 0 Å². The van der Waals surface area contributed by atoms with Crippen LogP contribution >= 0.6 is 0 Å². The lowest BCUT2D eigenvalue weighted by Crippen LogP contribution is -2.20. The van der Waals surface area contributed by atoms with Crippen LogP contribution in [0.4, 0.5) is 11.4 Å². The number of methoxy groups -OCH3 is 1. The number of hydrazone groups is 1. The summed E-state index contributed by atoms with van der Waals surface area (Å²) >= 11 is 0. The number of hydrogen-bond acceptors (Lipinski definition) is 7. The highest BCUT2D eigenvalue weighted by molar-refractivity contribution is 5.95. The Hall–Kier alpha value is -4.73. The Balaban J connectivity index is 1.55. The molecule has 10 heteroatoms. The van der Waals surface area contributed by atoms with E-state index in [0.29, 0.717) is 28.3 Å². The highest BCUT2D eigenvalue weighted by Crippen LogP contribution is 2.27. The van der Waals surface area contributed by atoms with Gasteiger partial charge in [-0.3, -0.25) is 19.7 Å². The van der Waals surface area contributed by atoms with Gasteiger partial charge in [0.05, 0.1) is 18.2 Å². The predicted octanol–water partition coefficient (Wildman–Crippen LogP) is 3.38. The van der Waals surface area contributed by atoms with Gasteiger partial charge in [-0.05, 0) is 48.0 Å². The van der Waals surface area contributed by atoms with Crippen LogP contribution in [0, 0.1) is 10.1 Å². The average molecular weight is 448 g/mol. The summed E-state index contributed by atoms with van der Waals surface area (Å²) in [6.07, 6.45) is 1.45. The number of non-ortho nitro benzene ring substituents is 1. The summed E-state index contributed by atoms with van der Waals surface area (Å²) in [6.45, 7) is -0.298. The van der Waals surface area contributed by atoms with E-state index in [1.165, 1.54) is 37.6 Å². The molecule has 33 heavy (non-hydrogen) atoms. The van der Waals surface area contributed by atoms with Crippen LogP contribution in [0.25, 0.3) is 0 Å². The fraction of sp³-hybridized carbons (Fsp3) is 0.0870. The van der Waals surface area contributed by atoms with E-state index in [9.17, 15) is 19.7 Å². The fourth-order valence-electron chi connectivity index (χ4n) is 2.71. The van der Waals surface area contributed by atoms with Gasteiger partial charge in [-0.15, -0.1) is 0 Å². The number of ether oxygens (including phenoxy) is 2. The molecule has 0 spiro atoms. The van der Waals surface area contributed by atoms with Crippen LogP contribution in [0.5, 0.6) is 11.5 Å². The van der Waals surface area contributed by atoms with E-state index in [0.717, 1.165) is 0 Å². The Morgan fingerprint density at radius 1 is 1.03 bits per heavy atom. The third-order valence-electron chi connectivity index (χ3n) is 4.32. The van der Waals surface area contributed by atoms with Gasteiger partial charge in [-0.2, -0.15) is 5.10 Å². The van der Waals surface area contributed by atoms with Crippen molar-refractivity contribution in [2.75, 3.05) is 19.0 Å². The number of carbonyl (C=O) groups is 2. The zero-order valence-corrected chi connectivity index (χ0v) is 17.6. The average Bonchev–Trinajstić information content (AvgIpc) is 2.83. The number of nitrogens with zero attached hydrogens (tertiary/aromatic N) is 2. The second-order valence-corrected chi connectivity index (χ2v) is 6.62. The Bertz CT molecular complexity index is 1160. The molecular weight excluding hydrogens is 428 g/mol. The van der Waals surface area contributed by atoms with Crippen molar-refractivity contribution >= 4 is 29.4 Å². The molecule has 0 saturated heterocycles. The third-order valence-corrected chi connectivity index (χ3v) is 4.32. The summed E-state index contributed by atoms with van der Waals surface area (Å²) in [7, 11) is 1.46. The number of anilines is 1. The molecule has 3 aromatic carbocycles. The van der Waals surface area contributed by atoms with Gasteiger partial charge in [0, 0.05) is 23.4 Å². The third kappa shape index (κ3) is 6.62. The Morgan fingerprint density at radius 2 is 1.76 bits per heavy atom. The minimum Gasteiger partial charge on any atom is -0.493 e. The van der Waals surface area contributed by atoms with Crippen LogP contribution in [0.15, 0.2) is 77.9 Å². The zero-order valence-electron chi connectivity index (χ0n) is 17.6. The molecule has 3 rings (SSSR count). The molecule has 0 radical (unpaired) electrons. The second kappa shape index (κ2) is 11.0. The molecule has 168 valence electrons. The maximum Gasteiger partial charge on any atom is 0.271 e. The number of amides is 2. The van der Waals surface area contributed by atoms with Crippen molar-refractivity contribution in [2.45, 2.75) is 0 Å². The SMILES string of the molecule is COc1cc(/C=N/NC(=O)c2ccccc2)ccc1OCC(=O)Nc1ccc([N+](=O)[O-])cc1. The van der Waals surface area contributed by atoms with Crippen molar-refractivity contribution in [3.05, 3.63) is 94.0 Å². The van der Waals surface area contributed by atoms with E-state index < -0.39 is 10.8 Å². The molecule has 0 unspecified atom stereocenters. The summed E-state index contributed by atoms with van der Waals surface area (Å²) in [5.41, 5.74) is 3.91. The molecule has 0 aliphatic carbocycles. The lowest BCUT2D eigenvalue weighted by molar-refractivity contribution is -0.384. The summed E-state index contributed by atoms with van der Waals surface area (Å²) in [5.74, 6) is -0.0729. The smallest absolute Gasteiger partial charge is 0.271 e. The first kappa shape index (κ1) is 22.9. The number of rotatable bonds is 9. The van der Waals surface area contributed by atoms with Gasteiger partial charge in [-0.1, -0.05) is 18.2 Å². The first-order valence-corrected chi connectivity index (χ1v) is 9.70. The Kier molecular flexibility index (Phi) is 7.68. The number of nitrogens with one attached hydrogen (secondary N) is 2. The zero-order chi connectivity index (χ0) is 23.6. The maximum atomic E-state index is 12.1. The first-order valence-electron chi connectivity index (χ1n) is 9.70. The standard InChI is InChI=1S/C23H20N4O6/c1-32-21-13-16(14-24-26-23(29)17-5-3-2-4-6-17)7-12-20(21)33-15-22(28)25-18-8-10-19(11-9-18)27(30)31/h2-14H,15H2,1H3,(H,25,28)(H,26,29)/b24-14+. The predicted molar refractivity (Wildman–Crippen MR) is 122 cm³/mol. The van der Waals surface area contributed by atoms with E-state index in [2.05, 4.69) is 15.8 Å². The van der Waals surface area contributed by atoms with E-state index in [1.807, 2.05) is 6.07 Å². The monoisotopic (exact) mass is 448 g/mol. The van der Waals surface area contributed by atoms with Gasteiger partial charge in [-0.25, -0.2) is 5.43 Å². The number of carbonyl (C=O) groups excluding carboxylic acids is 2. The molecule has 3 aromatic rings. The molecular formula is C23H20N4O6. The van der Waals surface area contributed by atoms with Crippen molar-refractivity contribution < 1.29 is 24.0 Å². The molecule has 0 aliphatic heterocycles. The number of nitro benzene ring substituents is 1. The Labute approximate surface area is 189 Å². The van der Waals surface area contributed by atoms with Crippen molar-refractivity contribution in [3.63, 3.8) is 0 Å². The molecule has 2 amide bonds. The van der Waals surface area contributed by atoms with Crippen LogP contribution in [0.3, 0.4) is 0 Å². The Morgan fingerprint density at radius 3 is 2.42 bits per heavy atom. The first-order chi connectivity index (χ1) is 16.0. The van der Waals surface area contributed by atoms with Crippen LogP contribution in [0.1, 0.15) is 15.9 Å². The molecule has 2 N–H and O–H groups in total. The van der Waals surface area contributed by atoms with Crippen molar-refractivity contribution in [3.8, 4) is 11.5 Å². The molecule has 0 atom stereocenters. The molecule has 0 aromatic heterocycles. The lowest BCUT2D eigenvalue weighted by Gasteiger charge is -2.11. The van der Waals surface area contributed by atoms with Crippen molar-refractivity contribution in [2.24, 2.45) is 5.10 Å². The topological polar surface area (TPSA) is 132 Å². The van der Waals surface area contributed by atoms with Gasteiger partial charge in [0.15, 0.2) is 18.1 Å². The highest BCUT2D eigenvalue weighted by Gasteiger charge is 2.10. The van der Waals surface area contributed by atoms with Gasteiger partial charge in [0.1, 0.15) is 0 Å². The molecule has 0 heterocycles. The lowest BCUT2D eigenvalue weighted by atomic mass is 10.2. The van der Waals surface area contributed by atoms with Crippen LogP contribution < -0.4 is 20.2 Å². The van der Waals surface area contributed by atoms with Gasteiger partial charge >= 0.3 is 0 Å². The van der Waals surface area contributed by atoms with Crippen molar-refractivity contribution in [1.82, 2.24) is 5.43 Å². The summed E-state index contributed by atoms with van der Waals surface area (Å²) in [4.78, 5) is 34.3. The quantitative estimate of drug-likeness (QED) is 0.293. The highest BCUT2D eigenvalue weighted by atomic mass is 16.6. The summed E-state index contributed by atoms with van der Waals surface area (Å²) < 4.78 is 10.8. The number of hydrogen-bond donors (Lipinski definition) is 2. The molecule has 0 saturated carbocycles. The normalized spacial score (nSPS) is 10.5. The molecule has 10 nitrogen and oxygen atoms in total. The summed E-state index contributed by atoms with van der Waals surface area (Å²) in [6, 6.07) is 19.1. The van der Waals surface area contributed by atoms with E-state index in [1.54, 1.807) is 42.5 Å². The van der Waals surface area contributed by atoms with Gasteiger partial charge in [0.25, 0.3) is 17.5 Å². The van der Waals surface area contributed by atoms with Gasteiger partial charge < -0.3 is 14.8 Å². The van der Waals surface area contributed by atoms with E-state index >= 15 is 0 Å². The van der Waals surface area contributed by atoms with Crippen LogP contribution in [-0.4, -0.2) is 36.7 Å². The van der Waals surface area contributed by atoms with Crippen LogP contribution in [0.2, 0.25) is 0 Å². The van der Waals surface area contributed by atoms with E-state index in [4.69, 9.17) is 9.47 Å². The minimum absolute atomic E-state index is 0.0720. The minimum atomic E-state index is -0.521. The fourth-order valence-corrected chi connectivity index (χ4v) is 2.71.